The van der Waals surface area contributed by atoms with E-state index in [9.17, 15) is 4.79 Å². The monoisotopic (exact) mass is 350 g/mol. The minimum Gasteiger partial charge on any atom is -0.325 e. The maximum absolute atomic E-state index is 11.8. The van der Waals surface area contributed by atoms with Crippen LogP contribution in [-0.2, 0) is 0 Å². The second-order valence-electron chi connectivity index (χ2n) is 4.11. The van der Waals surface area contributed by atoms with Gasteiger partial charge >= 0.3 is 0 Å². The molecule has 18 heavy (non-hydrogen) atoms. The van der Waals surface area contributed by atoms with Crippen LogP contribution in [0.3, 0.4) is 0 Å². The molecule has 0 amide bonds. The van der Waals surface area contributed by atoms with Crippen molar-refractivity contribution in [3.05, 3.63) is 55.0 Å². The zero-order valence-corrected chi connectivity index (χ0v) is 12.2. The van der Waals surface area contributed by atoms with Crippen LogP contribution >= 0.6 is 22.6 Å². The molecule has 2 aromatic rings. The minimum atomic E-state index is -0.327. The first-order valence-electron chi connectivity index (χ1n) is 5.44. The third-order valence-corrected chi connectivity index (χ3v) is 3.67. The highest BCUT2D eigenvalue weighted by atomic mass is 127. The molecule has 0 fully saturated rings. The first-order chi connectivity index (χ1) is 8.54. The number of hydrogen-bond donors (Lipinski definition) is 1. The van der Waals surface area contributed by atoms with Gasteiger partial charge in [0.1, 0.15) is 11.6 Å². The van der Waals surface area contributed by atoms with Crippen molar-refractivity contribution in [1.29, 1.82) is 5.26 Å². The van der Waals surface area contributed by atoms with Gasteiger partial charge in [0.05, 0.1) is 0 Å². The number of pyridine rings is 1. The average Bonchev–Trinajstić information content (AvgIpc) is 2.28. The van der Waals surface area contributed by atoms with E-state index in [2.05, 4.69) is 27.6 Å². The van der Waals surface area contributed by atoms with Crippen LogP contribution in [0.2, 0.25) is 0 Å². The minimum absolute atomic E-state index is 0.174. The molecule has 0 saturated heterocycles. The Bertz CT molecular complexity index is 690. The second-order valence-corrected chi connectivity index (χ2v) is 5.28. The van der Waals surface area contributed by atoms with Crippen LogP contribution in [0.25, 0.3) is 11.1 Å². The Morgan fingerprint density at radius 3 is 2.67 bits per heavy atom. The summed E-state index contributed by atoms with van der Waals surface area (Å²) in [6.07, 6.45) is 0. The van der Waals surface area contributed by atoms with Crippen LogP contribution < -0.4 is 5.56 Å². The molecule has 90 valence electrons. The Hall–Kier alpha value is -1.61. The van der Waals surface area contributed by atoms with Gasteiger partial charge in [-0.1, -0.05) is 12.1 Å². The smallest absolute Gasteiger partial charge is 0.266 e. The third-order valence-electron chi connectivity index (χ3n) is 2.77. The molecule has 1 aromatic carbocycles. The molecule has 3 nitrogen and oxygen atoms in total. The number of halogens is 1. The standard InChI is InChI=1S/C14H11IN2O/c1-8-4-3-5-12(15)13(8)10-6-9(2)17-14(18)11(10)7-16/h3-6H,1-2H3,(H,17,18). The van der Waals surface area contributed by atoms with E-state index in [1.165, 1.54) is 0 Å². The van der Waals surface area contributed by atoms with Gasteiger partial charge in [0.15, 0.2) is 0 Å². The van der Waals surface area contributed by atoms with Crippen molar-refractivity contribution in [1.82, 2.24) is 4.98 Å². The highest BCUT2D eigenvalue weighted by Crippen LogP contribution is 2.30. The molecule has 1 N–H and O–H groups in total. The molecule has 0 saturated carbocycles. The van der Waals surface area contributed by atoms with E-state index in [4.69, 9.17) is 5.26 Å². The molecule has 4 heteroatoms. The highest BCUT2D eigenvalue weighted by Gasteiger charge is 2.14. The molecule has 0 aliphatic heterocycles. The van der Waals surface area contributed by atoms with E-state index in [0.29, 0.717) is 5.56 Å². The van der Waals surface area contributed by atoms with Crippen molar-refractivity contribution < 1.29 is 0 Å². The van der Waals surface area contributed by atoms with Crippen LogP contribution in [0.15, 0.2) is 29.1 Å². The third kappa shape index (κ3) is 2.18. The van der Waals surface area contributed by atoms with Crippen molar-refractivity contribution in [3.63, 3.8) is 0 Å². The molecule has 0 unspecified atom stereocenters. The molecule has 0 bridgehead atoms. The van der Waals surface area contributed by atoms with Crippen LogP contribution in [0.4, 0.5) is 0 Å². The number of H-pyrrole nitrogens is 1. The lowest BCUT2D eigenvalue weighted by Gasteiger charge is -2.10. The number of hydrogen-bond acceptors (Lipinski definition) is 2. The molecular weight excluding hydrogens is 339 g/mol. The van der Waals surface area contributed by atoms with Gasteiger partial charge in [0.25, 0.3) is 5.56 Å². The van der Waals surface area contributed by atoms with Gasteiger partial charge in [0.2, 0.25) is 0 Å². The molecule has 0 aliphatic carbocycles. The van der Waals surface area contributed by atoms with Gasteiger partial charge < -0.3 is 4.98 Å². The number of rotatable bonds is 1. The molecule has 2 rings (SSSR count). The number of nitrogens with zero attached hydrogens (tertiary/aromatic N) is 1. The lowest BCUT2D eigenvalue weighted by Crippen LogP contribution is -2.13. The average molecular weight is 350 g/mol. The molecule has 0 atom stereocenters. The Balaban J connectivity index is 2.88. The second kappa shape index (κ2) is 4.94. The van der Waals surface area contributed by atoms with Crippen molar-refractivity contribution in [2.45, 2.75) is 13.8 Å². The fourth-order valence-corrected chi connectivity index (χ4v) is 2.89. The summed E-state index contributed by atoms with van der Waals surface area (Å²) in [5.74, 6) is 0. The Kier molecular flexibility index (Phi) is 3.53. The van der Waals surface area contributed by atoms with E-state index in [1.54, 1.807) is 0 Å². The number of aryl methyl sites for hydroxylation is 2. The molecule has 0 spiro atoms. The molecule has 0 aliphatic rings. The Morgan fingerprint density at radius 1 is 1.33 bits per heavy atom. The number of aromatic nitrogens is 1. The van der Waals surface area contributed by atoms with E-state index in [-0.39, 0.29) is 11.1 Å². The summed E-state index contributed by atoms with van der Waals surface area (Å²) in [6, 6.07) is 9.77. The van der Waals surface area contributed by atoms with Gasteiger partial charge in [-0.25, -0.2) is 0 Å². The predicted molar refractivity (Wildman–Crippen MR) is 79.4 cm³/mol. The fraction of sp³-hybridized carbons (Fsp3) is 0.143. The first-order valence-corrected chi connectivity index (χ1v) is 6.52. The summed E-state index contributed by atoms with van der Waals surface area (Å²) in [7, 11) is 0. The maximum atomic E-state index is 11.8. The fourth-order valence-electron chi connectivity index (χ4n) is 1.97. The van der Waals surface area contributed by atoms with Crippen molar-refractivity contribution in [3.8, 4) is 17.2 Å². The summed E-state index contributed by atoms with van der Waals surface area (Å²) in [5, 5.41) is 9.16. The van der Waals surface area contributed by atoms with Crippen molar-refractivity contribution in [2.75, 3.05) is 0 Å². The molecule has 1 heterocycles. The predicted octanol–water partition coefficient (Wildman–Crippen LogP) is 3.14. The van der Waals surface area contributed by atoms with Crippen LogP contribution in [-0.4, -0.2) is 4.98 Å². The number of benzene rings is 1. The van der Waals surface area contributed by atoms with Gasteiger partial charge in [0, 0.05) is 14.8 Å². The molecule has 1 aromatic heterocycles. The van der Waals surface area contributed by atoms with E-state index in [0.717, 1.165) is 20.4 Å². The van der Waals surface area contributed by atoms with Crippen molar-refractivity contribution in [2.24, 2.45) is 0 Å². The first kappa shape index (κ1) is 12.8. The van der Waals surface area contributed by atoms with E-state index >= 15 is 0 Å². The topological polar surface area (TPSA) is 56.6 Å². The zero-order chi connectivity index (χ0) is 13.3. The van der Waals surface area contributed by atoms with Crippen LogP contribution in [0.1, 0.15) is 16.8 Å². The van der Waals surface area contributed by atoms with Gasteiger partial charge in [-0.3, -0.25) is 4.79 Å². The SMILES string of the molecule is Cc1cc(-c2c(C)cccc2I)c(C#N)c(=O)[nH]1. The van der Waals surface area contributed by atoms with Crippen molar-refractivity contribution >= 4 is 22.6 Å². The lowest BCUT2D eigenvalue weighted by atomic mass is 9.97. The number of aromatic amines is 1. The van der Waals surface area contributed by atoms with Crippen LogP contribution in [0.5, 0.6) is 0 Å². The highest BCUT2D eigenvalue weighted by molar-refractivity contribution is 14.1. The number of nitrogens with one attached hydrogen (secondary N) is 1. The quantitative estimate of drug-likeness (QED) is 0.804. The van der Waals surface area contributed by atoms with E-state index < -0.39 is 0 Å². The van der Waals surface area contributed by atoms with Gasteiger partial charge in [-0.2, -0.15) is 5.26 Å². The molecular formula is C14H11IN2O. The normalized spacial score (nSPS) is 10.1. The summed E-state index contributed by atoms with van der Waals surface area (Å²) in [4.78, 5) is 14.5. The van der Waals surface area contributed by atoms with Gasteiger partial charge in [-0.05, 0) is 59.7 Å². The largest absolute Gasteiger partial charge is 0.325 e. The van der Waals surface area contributed by atoms with Crippen LogP contribution in [0, 0.1) is 28.7 Å². The summed E-state index contributed by atoms with van der Waals surface area (Å²) >= 11 is 2.22. The summed E-state index contributed by atoms with van der Waals surface area (Å²) in [6.45, 7) is 3.80. The Morgan fingerprint density at radius 2 is 2.06 bits per heavy atom. The number of nitriles is 1. The Labute approximate surface area is 119 Å². The lowest BCUT2D eigenvalue weighted by molar-refractivity contribution is 1.13. The molecule has 0 radical (unpaired) electrons. The van der Waals surface area contributed by atoms with Gasteiger partial charge in [-0.15, -0.1) is 0 Å². The van der Waals surface area contributed by atoms with E-state index in [1.807, 2.05) is 44.2 Å². The summed E-state index contributed by atoms with van der Waals surface area (Å²) < 4.78 is 1.04. The maximum Gasteiger partial charge on any atom is 0.266 e. The summed E-state index contributed by atoms with van der Waals surface area (Å²) in [5.41, 5.74) is 3.33. The zero-order valence-electron chi connectivity index (χ0n) is 10.0.